The molecule has 112 valence electrons. The zero-order chi connectivity index (χ0) is 14.8. The molecule has 20 heavy (non-hydrogen) atoms. The minimum absolute atomic E-state index is 0.0564. The van der Waals surface area contributed by atoms with Crippen LogP contribution in [0, 0.1) is 0 Å². The van der Waals surface area contributed by atoms with Gasteiger partial charge in [0.2, 0.25) is 10.0 Å². The van der Waals surface area contributed by atoms with Gasteiger partial charge in [0.1, 0.15) is 0 Å². The minimum atomic E-state index is -3.42. The Morgan fingerprint density at radius 2 is 1.70 bits per heavy atom. The van der Waals surface area contributed by atoms with Crippen LogP contribution in [0.4, 0.5) is 0 Å². The lowest BCUT2D eigenvalue weighted by atomic mass is 10.0. The molecule has 0 amide bonds. The summed E-state index contributed by atoms with van der Waals surface area (Å²) in [6.07, 6.45) is 3.49. The van der Waals surface area contributed by atoms with Gasteiger partial charge >= 0.3 is 0 Å². The van der Waals surface area contributed by atoms with E-state index in [9.17, 15) is 8.42 Å². The second-order valence-corrected chi connectivity index (χ2v) is 7.42. The van der Waals surface area contributed by atoms with E-state index in [-0.39, 0.29) is 18.7 Å². The van der Waals surface area contributed by atoms with Crippen molar-refractivity contribution in [1.29, 1.82) is 0 Å². The Labute approximate surface area is 121 Å². The van der Waals surface area contributed by atoms with Crippen molar-refractivity contribution < 1.29 is 13.5 Å². The molecule has 2 atom stereocenters. The highest BCUT2D eigenvalue weighted by Gasteiger charge is 2.35. The van der Waals surface area contributed by atoms with E-state index in [1.165, 1.54) is 0 Å². The lowest BCUT2D eigenvalue weighted by molar-refractivity contribution is 0.204. The highest BCUT2D eigenvalue weighted by atomic mass is 32.2. The molecular weight excluding hydrogens is 274 g/mol. The lowest BCUT2D eigenvalue weighted by Crippen LogP contribution is -2.47. The Bertz CT molecular complexity index is 529. The molecule has 1 saturated heterocycles. The maximum atomic E-state index is 12.8. The van der Waals surface area contributed by atoms with Crippen LogP contribution in [0.15, 0.2) is 29.2 Å². The monoisotopic (exact) mass is 297 g/mol. The summed E-state index contributed by atoms with van der Waals surface area (Å²) < 4.78 is 27.2. The summed E-state index contributed by atoms with van der Waals surface area (Å²) in [5.74, 6) is 0. The van der Waals surface area contributed by atoms with Crippen LogP contribution in [0.1, 0.15) is 38.7 Å². The SMILES string of the molecule is C[C@@H]1CCC[C@H](C)N1S(=O)(=O)c1ccc(CCO)cc1. The Morgan fingerprint density at radius 3 is 2.20 bits per heavy atom. The number of benzene rings is 1. The molecule has 0 radical (unpaired) electrons. The third kappa shape index (κ3) is 3.05. The molecule has 1 fully saturated rings. The van der Waals surface area contributed by atoms with Gasteiger partial charge in [-0.2, -0.15) is 4.31 Å². The van der Waals surface area contributed by atoms with Gasteiger partial charge in [0, 0.05) is 18.7 Å². The summed E-state index contributed by atoms with van der Waals surface area (Å²) in [7, 11) is -3.42. The number of hydrogen-bond acceptors (Lipinski definition) is 3. The first-order valence-electron chi connectivity index (χ1n) is 7.20. The molecule has 0 bridgehead atoms. The Kier molecular flexibility index (Phi) is 4.83. The number of rotatable bonds is 4. The van der Waals surface area contributed by atoms with E-state index in [1.54, 1.807) is 28.6 Å². The van der Waals surface area contributed by atoms with Gasteiger partial charge in [0.15, 0.2) is 0 Å². The van der Waals surface area contributed by atoms with Crippen LogP contribution in [0.5, 0.6) is 0 Å². The zero-order valence-electron chi connectivity index (χ0n) is 12.1. The fourth-order valence-corrected chi connectivity index (χ4v) is 4.83. The topological polar surface area (TPSA) is 57.6 Å². The van der Waals surface area contributed by atoms with Crippen molar-refractivity contribution in [1.82, 2.24) is 4.31 Å². The summed E-state index contributed by atoms with van der Waals surface area (Å²) in [5.41, 5.74) is 0.950. The summed E-state index contributed by atoms with van der Waals surface area (Å²) in [4.78, 5) is 0.347. The van der Waals surface area contributed by atoms with Gasteiger partial charge in [0.05, 0.1) is 4.90 Å². The number of piperidine rings is 1. The Hall–Kier alpha value is -0.910. The summed E-state index contributed by atoms with van der Waals surface area (Å²) in [5, 5.41) is 8.90. The van der Waals surface area contributed by atoms with Crippen LogP contribution in [-0.2, 0) is 16.4 Å². The van der Waals surface area contributed by atoms with Crippen LogP contribution in [-0.4, -0.2) is 36.5 Å². The first kappa shape index (κ1) is 15.5. The molecule has 4 nitrogen and oxygen atoms in total. The van der Waals surface area contributed by atoms with E-state index in [0.29, 0.717) is 11.3 Å². The van der Waals surface area contributed by atoms with Crippen LogP contribution in [0.3, 0.4) is 0 Å². The number of sulfonamides is 1. The van der Waals surface area contributed by atoms with Gasteiger partial charge < -0.3 is 5.11 Å². The number of nitrogens with zero attached hydrogens (tertiary/aromatic N) is 1. The van der Waals surface area contributed by atoms with Crippen molar-refractivity contribution in [3.8, 4) is 0 Å². The average Bonchev–Trinajstić information content (AvgIpc) is 2.39. The van der Waals surface area contributed by atoms with Crippen molar-refractivity contribution in [3.63, 3.8) is 0 Å². The molecule has 2 rings (SSSR count). The third-order valence-electron chi connectivity index (χ3n) is 4.01. The third-order valence-corrected chi connectivity index (χ3v) is 6.15. The molecule has 1 aromatic rings. The van der Waals surface area contributed by atoms with Crippen molar-refractivity contribution in [2.24, 2.45) is 0 Å². The molecule has 1 aliphatic rings. The highest BCUT2D eigenvalue weighted by molar-refractivity contribution is 7.89. The number of aliphatic hydroxyl groups is 1. The van der Waals surface area contributed by atoms with Gasteiger partial charge in [-0.1, -0.05) is 18.6 Å². The molecule has 5 heteroatoms. The highest BCUT2D eigenvalue weighted by Crippen LogP contribution is 2.29. The molecule has 0 aliphatic carbocycles. The molecule has 1 N–H and O–H groups in total. The van der Waals surface area contributed by atoms with Crippen LogP contribution in [0.25, 0.3) is 0 Å². The summed E-state index contributed by atoms with van der Waals surface area (Å²) in [6.45, 7) is 4.03. The van der Waals surface area contributed by atoms with Crippen molar-refractivity contribution in [3.05, 3.63) is 29.8 Å². The van der Waals surface area contributed by atoms with E-state index >= 15 is 0 Å². The summed E-state index contributed by atoms with van der Waals surface area (Å²) in [6, 6.07) is 6.97. The number of aliphatic hydroxyl groups excluding tert-OH is 1. The minimum Gasteiger partial charge on any atom is -0.396 e. The van der Waals surface area contributed by atoms with E-state index in [0.717, 1.165) is 24.8 Å². The van der Waals surface area contributed by atoms with E-state index in [1.807, 2.05) is 13.8 Å². The van der Waals surface area contributed by atoms with Crippen LogP contribution >= 0.6 is 0 Å². The van der Waals surface area contributed by atoms with Gasteiger partial charge in [0.25, 0.3) is 0 Å². The van der Waals surface area contributed by atoms with E-state index in [4.69, 9.17) is 5.11 Å². The van der Waals surface area contributed by atoms with Crippen molar-refractivity contribution in [2.45, 2.75) is 56.5 Å². The average molecular weight is 297 g/mol. The fourth-order valence-electron chi connectivity index (χ4n) is 2.95. The smallest absolute Gasteiger partial charge is 0.243 e. The van der Waals surface area contributed by atoms with Gasteiger partial charge in [-0.15, -0.1) is 0 Å². The normalized spacial score (nSPS) is 24.8. The first-order chi connectivity index (χ1) is 9.46. The molecule has 1 aliphatic heterocycles. The molecular formula is C15H23NO3S. The van der Waals surface area contributed by atoms with Gasteiger partial charge in [-0.25, -0.2) is 8.42 Å². The van der Waals surface area contributed by atoms with E-state index in [2.05, 4.69) is 0 Å². The molecule has 0 aromatic heterocycles. The van der Waals surface area contributed by atoms with E-state index < -0.39 is 10.0 Å². The second kappa shape index (κ2) is 6.24. The standard InChI is InChI=1S/C15H23NO3S/c1-12-4-3-5-13(2)16(12)20(18,19)15-8-6-14(7-9-15)10-11-17/h6-9,12-13,17H,3-5,10-11H2,1-2H3/t12-,13+. The zero-order valence-corrected chi connectivity index (χ0v) is 12.9. The van der Waals surface area contributed by atoms with Gasteiger partial charge in [-0.3, -0.25) is 0 Å². The van der Waals surface area contributed by atoms with Crippen LogP contribution < -0.4 is 0 Å². The Balaban J connectivity index is 2.29. The largest absolute Gasteiger partial charge is 0.396 e. The predicted molar refractivity (Wildman–Crippen MR) is 79.0 cm³/mol. The molecule has 0 unspecified atom stereocenters. The Morgan fingerprint density at radius 1 is 1.15 bits per heavy atom. The molecule has 1 heterocycles. The van der Waals surface area contributed by atoms with Gasteiger partial charge in [-0.05, 0) is 50.8 Å². The molecule has 0 spiro atoms. The van der Waals surface area contributed by atoms with Crippen LogP contribution in [0.2, 0.25) is 0 Å². The number of hydrogen-bond donors (Lipinski definition) is 1. The van der Waals surface area contributed by atoms with Crippen molar-refractivity contribution >= 4 is 10.0 Å². The molecule has 0 saturated carbocycles. The van der Waals surface area contributed by atoms with Crippen molar-refractivity contribution in [2.75, 3.05) is 6.61 Å². The maximum absolute atomic E-state index is 12.8. The summed E-state index contributed by atoms with van der Waals surface area (Å²) >= 11 is 0. The maximum Gasteiger partial charge on any atom is 0.243 e. The lowest BCUT2D eigenvalue weighted by Gasteiger charge is -2.37. The fraction of sp³-hybridized carbons (Fsp3) is 0.600. The molecule has 1 aromatic carbocycles. The second-order valence-electron chi connectivity index (χ2n) is 5.58. The quantitative estimate of drug-likeness (QED) is 0.926. The predicted octanol–water partition coefficient (Wildman–Crippen LogP) is 2.17. The first-order valence-corrected chi connectivity index (χ1v) is 8.64.